The number of aliphatic hydroxyl groups is 1. The van der Waals surface area contributed by atoms with Crippen LogP contribution in [-0.4, -0.2) is 41.1 Å². The maximum absolute atomic E-state index is 14.1. The van der Waals surface area contributed by atoms with Crippen molar-refractivity contribution >= 4 is 17.5 Å². The lowest BCUT2D eigenvalue weighted by Gasteiger charge is -2.38. The summed E-state index contributed by atoms with van der Waals surface area (Å²) in [7, 11) is 1.61. The number of nitrogens with zero attached hydrogens (tertiary/aromatic N) is 2. The second kappa shape index (κ2) is 14.9. The molecule has 1 unspecified atom stereocenters. The van der Waals surface area contributed by atoms with E-state index < -0.39 is 5.72 Å². The van der Waals surface area contributed by atoms with Crippen LogP contribution in [0.2, 0.25) is 5.02 Å². The molecule has 244 valence electrons. The van der Waals surface area contributed by atoms with Gasteiger partial charge in [-0.3, -0.25) is 19.8 Å². The number of rotatable bonds is 6. The Morgan fingerprint density at radius 3 is 2.24 bits per heavy atom. The maximum Gasteiger partial charge on any atom is 0.257 e. The van der Waals surface area contributed by atoms with Gasteiger partial charge in [0.25, 0.3) is 5.91 Å². The summed E-state index contributed by atoms with van der Waals surface area (Å²) in [6, 6.07) is 7.37. The summed E-state index contributed by atoms with van der Waals surface area (Å²) in [5.41, 5.74) is 4.38. The van der Waals surface area contributed by atoms with Crippen molar-refractivity contribution in [2.24, 2.45) is 10.8 Å². The second-order valence-corrected chi connectivity index (χ2v) is 13.5. The highest BCUT2D eigenvalue weighted by Crippen LogP contribution is 2.49. The zero-order valence-electron chi connectivity index (χ0n) is 28.1. The highest BCUT2D eigenvalue weighted by molar-refractivity contribution is 6.30. The summed E-state index contributed by atoms with van der Waals surface area (Å²) in [6.07, 6.45) is 15.6. The molecule has 7 nitrogen and oxygen atoms in total. The molecule has 0 radical (unpaired) electrons. The summed E-state index contributed by atoms with van der Waals surface area (Å²) >= 11 is 6.21. The highest BCUT2D eigenvalue weighted by atomic mass is 35.5. The summed E-state index contributed by atoms with van der Waals surface area (Å²) in [6.45, 7) is 15.1. The number of carbonyl (C=O) groups is 1. The molecular formula is C37H49ClN2O5. The molecule has 1 saturated heterocycles. The fraction of sp³-hybridized carbons (Fsp3) is 0.486. The van der Waals surface area contributed by atoms with Gasteiger partial charge in [-0.25, -0.2) is 0 Å². The van der Waals surface area contributed by atoms with Gasteiger partial charge < -0.3 is 9.84 Å². The molecular weight excluding hydrogens is 588 g/mol. The molecule has 4 aliphatic rings. The zero-order valence-corrected chi connectivity index (χ0v) is 28.8. The molecule has 1 atom stereocenters. The third-order valence-corrected chi connectivity index (χ3v) is 9.05. The van der Waals surface area contributed by atoms with E-state index in [2.05, 4.69) is 39.8 Å². The van der Waals surface area contributed by atoms with Crippen molar-refractivity contribution in [2.75, 3.05) is 20.3 Å². The van der Waals surface area contributed by atoms with Crippen molar-refractivity contribution in [3.05, 3.63) is 115 Å². The van der Waals surface area contributed by atoms with Crippen molar-refractivity contribution in [3.8, 4) is 0 Å². The number of carbonyl (C=O) groups excluding carboxylic acids is 1. The van der Waals surface area contributed by atoms with Gasteiger partial charge in [0.15, 0.2) is 5.72 Å². The normalized spacial score (nSPS) is 24.5. The SMILES string of the molecule is CC.CC1(CO)CC1.COC1(c2ccc(Cl)cc2)/C2=C/C/C=C(/C(C)(C)C)CC=C2C(=O)N1CC1=C(C)C=C([N+](=O)[O-])CC=C1. The van der Waals surface area contributed by atoms with Gasteiger partial charge >= 0.3 is 0 Å². The van der Waals surface area contributed by atoms with Gasteiger partial charge in [0, 0.05) is 48.1 Å². The topological polar surface area (TPSA) is 92.9 Å². The molecule has 2 fully saturated rings. The fourth-order valence-electron chi connectivity index (χ4n) is 5.61. The summed E-state index contributed by atoms with van der Waals surface area (Å²) in [4.78, 5) is 26.9. The number of hydrogen-bond donors (Lipinski definition) is 1. The maximum atomic E-state index is 14.1. The van der Waals surface area contributed by atoms with Crippen LogP contribution in [0.25, 0.3) is 0 Å². The number of ether oxygens (including phenoxy) is 1. The Hall–Kier alpha value is -3.26. The second-order valence-electron chi connectivity index (χ2n) is 13.1. The Bertz CT molecular complexity index is 1450. The summed E-state index contributed by atoms with van der Waals surface area (Å²) in [5, 5.41) is 20.5. The van der Waals surface area contributed by atoms with Crippen LogP contribution in [0.5, 0.6) is 0 Å². The smallest absolute Gasteiger partial charge is 0.257 e. The minimum absolute atomic E-state index is 0.00756. The van der Waals surface area contributed by atoms with Gasteiger partial charge in [-0.15, -0.1) is 0 Å². The first-order valence-electron chi connectivity index (χ1n) is 15.8. The fourth-order valence-corrected chi connectivity index (χ4v) is 5.74. The van der Waals surface area contributed by atoms with Crippen LogP contribution < -0.4 is 0 Å². The van der Waals surface area contributed by atoms with Gasteiger partial charge in [0.1, 0.15) is 0 Å². The number of fused-ring (bicyclic) bond motifs is 1. The molecule has 45 heavy (non-hydrogen) atoms. The Kier molecular flexibility index (Phi) is 12.0. The minimum atomic E-state index is -1.16. The third-order valence-electron chi connectivity index (χ3n) is 8.80. The van der Waals surface area contributed by atoms with Crippen LogP contribution in [0.3, 0.4) is 0 Å². The summed E-state index contributed by atoms with van der Waals surface area (Å²) in [5.74, 6) is -0.130. The first kappa shape index (κ1) is 36.2. The third kappa shape index (κ3) is 8.13. The van der Waals surface area contributed by atoms with Crippen LogP contribution in [-0.2, 0) is 15.3 Å². The van der Waals surface area contributed by atoms with Gasteiger partial charge in [0.05, 0.1) is 11.3 Å². The monoisotopic (exact) mass is 636 g/mol. The number of benzene rings is 1. The number of halogens is 1. The Balaban J connectivity index is 0.000000608. The van der Waals surface area contributed by atoms with E-state index in [0.29, 0.717) is 35.5 Å². The van der Waals surface area contributed by atoms with Crippen molar-refractivity contribution in [2.45, 2.75) is 86.3 Å². The van der Waals surface area contributed by atoms with Crippen LogP contribution in [0.15, 0.2) is 94.3 Å². The number of allylic oxidation sites excluding steroid dienone is 7. The van der Waals surface area contributed by atoms with E-state index in [1.165, 1.54) is 18.4 Å². The molecule has 1 aromatic carbocycles. The first-order valence-corrected chi connectivity index (χ1v) is 16.2. The highest BCUT2D eigenvalue weighted by Gasteiger charge is 2.54. The van der Waals surface area contributed by atoms with E-state index in [-0.39, 0.29) is 34.9 Å². The lowest BCUT2D eigenvalue weighted by molar-refractivity contribution is -0.426. The Morgan fingerprint density at radius 1 is 1.09 bits per heavy atom. The van der Waals surface area contributed by atoms with E-state index >= 15 is 0 Å². The van der Waals surface area contributed by atoms with Gasteiger partial charge in [-0.2, -0.15) is 0 Å². The van der Waals surface area contributed by atoms with Crippen LogP contribution >= 0.6 is 11.6 Å². The van der Waals surface area contributed by atoms with Gasteiger partial charge in [-0.05, 0) is 66.7 Å². The van der Waals surface area contributed by atoms with Crippen LogP contribution in [0.1, 0.15) is 86.1 Å². The average Bonchev–Trinajstić information content (AvgIpc) is 3.73. The molecule has 1 saturated carbocycles. The molecule has 3 aliphatic carbocycles. The van der Waals surface area contributed by atoms with Gasteiger partial charge in [-0.1, -0.05) is 101 Å². The van der Waals surface area contributed by atoms with Crippen LogP contribution in [0.4, 0.5) is 0 Å². The molecule has 1 aromatic rings. The molecule has 0 spiro atoms. The lowest BCUT2D eigenvalue weighted by atomic mass is 9.81. The summed E-state index contributed by atoms with van der Waals surface area (Å²) < 4.78 is 6.30. The van der Waals surface area contributed by atoms with E-state index in [9.17, 15) is 14.9 Å². The van der Waals surface area contributed by atoms with Crippen molar-refractivity contribution in [3.63, 3.8) is 0 Å². The van der Waals surface area contributed by atoms with Crippen molar-refractivity contribution < 1.29 is 19.6 Å². The van der Waals surface area contributed by atoms with E-state index in [1.54, 1.807) is 36.3 Å². The largest absolute Gasteiger partial charge is 0.396 e. The molecule has 1 heterocycles. The molecule has 1 N–H and O–H groups in total. The molecule has 0 bridgehead atoms. The number of nitro groups is 1. The number of amides is 1. The molecule has 1 aliphatic heterocycles. The lowest BCUT2D eigenvalue weighted by Crippen LogP contribution is -2.46. The van der Waals surface area contributed by atoms with E-state index in [4.69, 9.17) is 21.4 Å². The number of aliphatic hydroxyl groups excluding tert-OH is 1. The minimum Gasteiger partial charge on any atom is -0.396 e. The molecule has 8 heteroatoms. The Morgan fingerprint density at radius 2 is 1.73 bits per heavy atom. The molecule has 5 rings (SSSR count). The van der Waals surface area contributed by atoms with E-state index in [0.717, 1.165) is 22.3 Å². The predicted molar refractivity (Wildman–Crippen MR) is 182 cm³/mol. The number of likely N-dealkylation sites (tertiary alicyclic amines) is 1. The van der Waals surface area contributed by atoms with Crippen molar-refractivity contribution in [1.82, 2.24) is 4.90 Å². The zero-order chi connectivity index (χ0) is 33.6. The molecule has 1 amide bonds. The van der Waals surface area contributed by atoms with E-state index in [1.807, 2.05) is 45.1 Å². The first-order chi connectivity index (χ1) is 21.3. The quantitative estimate of drug-likeness (QED) is 0.191. The van der Waals surface area contributed by atoms with Gasteiger partial charge in [0.2, 0.25) is 5.70 Å². The predicted octanol–water partition coefficient (Wildman–Crippen LogP) is 8.84. The Labute approximate surface area is 273 Å². The van der Waals surface area contributed by atoms with Crippen molar-refractivity contribution in [1.29, 1.82) is 0 Å². The van der Waals surface area contributed by atoms with Crippen LogP contribution in [0, 0.1) is 20.9 Å². The molecule has 0 aromatic heterocycles. The standard InChI is InChI=1S/C30H33ClN2O4.C5H10O.C2H6/c1-20-18-25(33(35)36)10-6-8-21(20)19-32-28(34)26-17-14-22(29(2,3)4)9-7-11-27(26)30(32,37-5)23-12-15-24(31)16-13-23;1-5(4-6)2-3-5;1-2/h6,8-9,11-13,15-18H,7,10,14,19H2,1-5H3;6H,2-4H2,1H3;1-2H3/b22-9+,26-17?,27-11+;;. The average molecular weight is 637 g/mol. The number of hydrogen-bond acceptors (Lipinski definition) is 5. The number of methoxy groups -OCH3 is 1.